The second-order valence-corrected chi connectivity index (χ2v) is 4.64. The molecule has 0 heterocycles. The second kappa shape index (κ2) is 3.21. The van der Waals surface area contributed by atoms with E-state index in [1.165, 1.54) is 6.42 Å². The van der Waals surface area contributed by atoms with Crippen LogP contribution in [0, 0.1) is 11.8 Å². The molecule has 0 spiro atoms. The van der Waals surface area contributed by atoms with Crippen LogP contribution in [-0.4, -0.2) is 10.7 Å². The molecule has 1 rings (SSSR count). The maximum Gasteiger partial charge on any atom is 0.0687 e. The molecule has 0 amide bonds. The molecule has 3 atom stereocenters. The van der Waals surface area contributed by atoms with Gasteiger partial charge in [-0.05, 0) is 39.0 Å². The molecule has 12 heavy (non-hydrogen) atoms. The Bertz CT molecular complexity index is 181. The van der Waals surface area contributed by atoms with E-state index >= 15 is 0 Å². The van der Waals surface area contributed by atoms with Gasteiger partial charge in [0.25, 0.3) is 0 Å². The minimum Gasteiger partial charge on any atom is -0.390 e. The van der Waals surface area contributed by atoms with Gasteiger partial charge in [0.05, 0.1) is 5.60 Å². The Morgan fingerprint density at radius 3 is 2.50 bits per heavy atom. The van der Waals surface area contributed by atoms with Crippen molar-refractivity contribution in [2.75, 3.05) is 0 Å². The van der Waals surface area contributed by atoms with Crippen LogP contribution in [0.1, 0.15) is 40.0 Å². The van der Waals surface area contributed by atoms with Crippen molar-refractivity contribution < 1.29 is 5.11 Å². The molecule has 0 aliphatic heterocycles. The maximum atomic E-state index is 10.1. The van der Waals surface area contributed by atoms with Gasteiger partial charge in [-0.15, -0.1) is 0 Å². The van der Waals surface area contributed by atoms with Crippen molar-refractivity contribution in [3.8, 4) is 0 Å². The molecule has 1 heteroatoms. The van der Waals surface area contributed by atoms with E-state index in [0.29, 0.717) is 11.8 Å². The number of rotatable bonds is 1. The number of hydrogen-bond acceptors (Lipinski definition) is 1. The van der Waals surface area contributed by atoms with Crippen LogP contribution in [0.4, 0.5) is 0 Å². The molecule has 0 bridgehead atoms. The normalized spacial score (nSPS) is 42.7. The molecule has 70 valence electrons. The van der Waals surface area contributed by atoms with E-state index in [-0.39, 0.29) is 0 Å². The van der Waals surface area contributed by atoms with Crippen LogP contribution in [0.3, 0.4) is 0 Å². The molecule has 1 nitrogen and oxygen atoms in total. The van der Waals surface area contributed by atoms with Crippen LogP contribution >= 0.6 is 0 Å². The predicted octanol–water partition coefficient (Wildman–Crippen LogP) is 2.75. The highest BCUT2D eigenvalue weighted by atomic mass is 16.3. The third kappa shape index (κ3) is 1.89. The van der Waals surface area contributed by atoms with Gasteiger partial charge in [0.1, 0.15) is 0 Å². The standard InChI is InChI=1S/C11H20O/c1-8(2)10-6-5-9(3)7-11(10,4)12/h9-10,12H,1,5-7H2,2-4H3/t9-,10+,11+/m1/s1. The van der Waals surface area contributed by atoms with E-state index in [2.05, 4.69) is 13.5 Å². The summed E-state index contributed by atoms with van der Waals surface area (Å²) >= 11 is 0. The Morgan fingerprint density at radius 2 is 2.08 bits per heavy atom. The van der Waals surface area contributed by atoms with Crippen LogP contribution in [-0.2, 0) is 0 Å². The summed E-state index contributed by atoms with van der Waals surface area (Å²) in [6.07, 6.45) is 3.25. The lowest BCUT2D eigenvalue weighted by atomic mass is 9.70. The molecule has 1 aliphatic rings. The van der Waals surface area contributed by atoms with Gasteiger partial charge in [0.2, 0.25) is 0 Å². The zero-order valence-corrected chi connectivity index (χ0v) is 8.43. The van der Waals surface area contributed by atoms with E-state index in [1.54, 1.807) is 0 Å². The summed E-state index contributed by atoms with van der Waals surface area (Å²) in [5, 5.41) is 10.1. The molecule has 1 aliphatic carbocycles. The van der Waals surface area contributed by atoms with Gasteiger partial charge in [0, 0.05) is 5.92 Å². The fraction of sp³-hybridized carbons (Fsp3) is 0.818. The summed E-state index contributed by atoms with van der Waals surface area (Å²) in [7, 11) is 0. The average molecular weight is 168 g/mol. The zero-order valence-electron chi connectivity index (χ0n) is 8.43. The lowest BCUT2D eigenvalue weighted by Crippen LogP contribution is -2.40. The van der Waals surface area contributed by atoms with Gasteiger partial charge in [-0.2, -0.15) is 0 Å². The fourth-order valence-electron chi connectivity index (χ4n) is 2.49. The molecule has 1 fully saturated rings. The SMILES string of the molecule is C=C(C)[C@@H]1CC[C@@H](C)C[C@]1(C)O. The number of hydrogen-bond donors (Lipinski definition) is 1. The molecule has 0 aromatic heterocycles. The van der Waals surface area contributed by atoms with Crippen molar-refractivity contribution in [3.05, 3.63) is 12.2 Å². The minimum atomic E-state index is -0.510. The highest BCUT2D eigenvalue weighted by Gasteiger charge is 2.37. The summed E-state index contributed by atoms with van der Waals surface area (Å²) in [5.74, 6) is 0.976. The average Bonchev–Trinajstić information content (AvgIpc) is 1.82. The fourth-order valence-corrected chi connectivity index (χ4v) is 2.49. The molecule has 0 aromatic rings. The van der Waals surface area contributed by atoms with Crippen molar-refractivity contribution in [1.82, 2.24) is 0 Å². The van der Waals surface area contributed by atoms with Gasteiger partial charge in [0.15, 0.2) is 0 Å². The van der Waals surface area contributed by atoms with Crippen LogP contribution in [0.2, 0.25) is 0 Å². The molecule has 0 unspecified atom stereocenters. The minimum absolute atomic E-state index is 0.314. The zero-order chi connectivity index (χ0) is 9.35. The lowest BCUT2D eigenvalue weighted by Gasteiger charge is -2.40. The van der Waals surface area contributed by atoms with Crippen molar-refractivity contribution in [2.24, 2.45) is 11.8 Å². The van der Waals surface area contributed by atoms with Crippen molar-refractivity contribution >= 4 is 0 Å². The molecule has 0 saturated heterocycles. The van der Waals surface area contributed by atoms with E-state index in [4.69, 9.17) is 0 Å². The van der Waals surface area contributed by atoms with Gasteiger partial charge in [-0.3, -0.25) is 0 Å². The van der Waals surface area contributed by atoms with Crippen LogP contribution in [0.25, 0.3) is 0 Å². The number of aliphatic hydroxyl groups is 1. The molecular weight excluding hydrogens is 148 g/mol. The first-order valence-corrected chi connectivity index (χ1v) is 4.81. The summed E-state index contributed by atoms with van der Waals surface area (Å²) in [6.45, 7) is 10.1. The van der Waals surface area contributed by atoms with E-state index < -0.39 is 5.60 Å². The second-order valence-electron chi connectivity index (χ2n) is 4.64. The van der Waals surface area contributed by atoms with Crippen molar-refractivity contribution in [2.45, 2.75) is 45.6 Å². The van der Waals surface area contributed by atoms with Gasteiger partial charge < -0.3 is 5.11 Å². The summed E-state index contributed by atoms with van der Waals surface area (Å²) in [6, 6.07) is 0. The van der Waals surface area contributed by atoms with Gasteiger partial charge in [-0.25, -0.2) is 0 Å². The predicted molar refractivity (Wildman–Crippen MR) is 51.9 cm³/mol. The van der Waals surface area contributed by atoms with Crippen molar-refractivity contribution in [3.63, 3.8) is 0 Å². The third-order valence-corrected chi connectivity index (χ3v) is 3.06. The monoisotopic (exact) mass is 168 g/mol. The summed E-state index contributed by atoms with van der Waals surface area (Å²) in [4.78, 5) is 0. The molecule has 1 N–H and O–H groups in total. The molecular formula is C11H20O. The highest BCUT2D eigenvalue weighted by Crippen LogP contribution is 2.39. The Morgan fingerprint density at radius 1 is 1.50 bits per heavy atom. The van der Waals surface area contributed by atoms with E-state index in [9.17, 15) is 5.11 Å². The molecule has 1 saturated carbocycles. The largest absolute Gasteiger partial charge is 0.390 e. The summed E-state index contributed by atoms with van der Waals surface area (Å²) in [5.41, 5.74) is 0.621. The van der Waals surface area contributed by atoms with Gasteiger partial charge >= 0.3 is 0 Å². The highest BCUT2D eigenvalue weighted by molar-refractivity contribution is 5.06. The first-order chi connectivity index (χ1) is 5.43. The smallest absolute Gasteiger partial charge is 0.0687 e. The van der Waals surface area contributed by atoms with Crippen LogP contribution in [0.5, 0.6) is 0 Å². The van der Waals surface area contributed by atoms with E-state index in [0.717, 1.165) is 18.4 Å². The Hall–Kier alpha value is -0.300. The maximum absolute atomic E-state index is 10.1. The van der Waals surface area contributed by atoms with Crippen LogP contribution in [0.15, 0.2) is 12.2 Å². The van der Waals surface area contributed by atoms with Crippen molar-refractivity contribution in [1.29, 1.82) is 0 Å². The Labute approximate surface area is 75.5 Å². The first kappa shape index (κ1) is 9.79. The first-order valence-electron chi connectivity index (χ1n) is 4.81. The lowest BCUT2D eigenvalue weighted by molar-refractivity contribution is -0.0331. The van der Waals surface area contributed by atoms with E-state index in [1.807, 2.05) is 13.8 Å². The molecule has 0 aromatic carbocycles. The molecule has 0 radical (unpaired) electrons. The van der Waals surface area contributed by atoms with Gasteiger partial charge in [-0.1, -0.05) is 19.1 Å². The topological polar surface area (TPSA) is 20.2 Å². The Balaban J connectivity index is 2.70. The third-order valence-electron chi connectivity index (χ3n) is 3.06. The summed E-state index contributed by atoms with van der Waals surface area (Å²) < 4.78 is 0. The Kier molecular flexibility index (Phi) is 2.62. The quantitative estimate of drug-likeness (QED) is 0.597. The van der Waals surface area contributed by atoms with Crippen LogP contribution < -0.4 is 0 Å².